The van der Waals surface area contributed by atoms with E-state index in [9.17, 15) is 9.59 Å². The molecule has 9 heteroatoms. The summed E-state index contributed by atoms with van der Waals surface area (Å²) in [4.78, 5) is 24.6. The molecule has 1 aromatic carbocycles. The van der Waals surface area contributed by atoms with Crippen molar-refractivity contribution in [1.29, 1.82) is 0 Å². The first kappa shape index (κ1) is 19.4. The van der Waals surface area contributed by atoms with Crippen molar-refractivity contribution in [3.05, 3.63) is 53.2 Å². The number of carbonyl (C=O) groups excluding carboxylic acids is 2. The highest BCUT2D eigenvalue weighted by Crippen LogP contribution is 2.31. The van der Waals surface area contributed by atoms with E-state index in [2.05, 4.69) is 32.0 Å². The molecular weight excluding hydrogens is 408 g/mol. The average molecular weight is 427 g/mol. The number of thiophene rings is 1. The van der Waals surface area contributed by atoms with Gasteiger partial charge < -0.3 is 10.1 Å². The fraction of sp³-hybridized carbons (Fsp3) is 0.200. The molecule has 0 saturated heterocycles. The zero-order valence-corrected chi connectivity index (χ0v) is 17.5. The quantitative estimate of drug-likeness (QED) is 0.368. The maximum Gasteiger partial charge on any atom is 0.340 e. The number of anilines is 1. The van der Waals surface area contributed by atoms with Crippen LogP contribution in [0.1, 0.15) is 23.1 Å². The topological polar surface area (TPSA) is 85.6 Å². The predicted octanol–water partition coefficient (Wildman–Crippen LogP) is 4.16. The van der Waals surface area contributed by atoms with Crippen molar-refractivity contribution in [3.8, 4) is 0 Å². The van der Waals surface area contributed by atoms with Crippen LogP contribution in [0.4, 0.5) is 5.69 Å². The second-order valence-corrected chi connectivity index (χ2v) is 8.10. The van der Waals surface area contributed by atoms with E-state index in [4.69, 9.17) is 4.74 Å². The monoisotopic (exact) mass is 426 g/mol. The number of ether oxygens (including phenoxy) is 1. The standard InChI is InChI=1S/C20H18N4O3S2/c1-3-27-20(26)13-6-4-5-7-14(13)21-18(25)11-29-19-16-10-17-15(8-9-28-17)24(16)12(2)22-23-19/h4-10H,3,11H2,1-2H3,(H,21,25). The van der Waals surface area contributed by atoms with Gasteiger partial charge in [0.25, 0.3) is 0 Å². The summed E-state index contributed by atoms with van der Waals surface area (Å²) < 4.78 is 8.25. The van der Waals surface area contributed by atoms with Crippen LogP contribution in [0.2, 0.25) is 0 Å². The Morgan fingerprint density at radius 1 is 1.21 bits per heavy atom. The highest BCUT2D eigenvalue weighted by molar-refractivity contribution is 8.00. The molecule has 0 spiro atoms. The second kappa shape index (κ2) is 8.22. The predicted molar refractivity (Wildman–Crippen MR) is 115 cm³/mol. The minimum atomic E-state index is -0.463. The third kappa shape index (κ3) is 3.83. The first-order valence-electron chi connectivity index (χ1n) is 8.99. The SMILES string of the molecule is CCOC(=O)c1ccccc1NC(=O)CSc1nnc(C)n2c1cc1sccc12. The van der Waals surface area contributed by atoms with Crippen LogP contribution in [-0.2, 0) is 9.53 Å². The van der Waals surface area contributed by atoms with Crippen molar-refractivity contribution >= 4 is 56.4 Å². The molecular formula is C20H18N4O3S2. The van der Waals surface area contributed by atoms with Crippen molar-refractivity contribution in [2.75, 3.05) is 17.7 Å². The van der Waals surface area contributed by atoms with E-state index < -0.39 is 5.97 Å². The highest BCUT2D eigenvalue weighted by atomic mass is 32.2. The summed E-state index contributed by atoms with van der Waals surface area (Å²) in [6.45, 7) is 3.92. The Bertz CT molecular complexity index is 1220. The number of fused-ring (bicyclic) bond motifs is 3. The lowest BCUT2D eigenvalue weighted by Gasteiger charge is -2.10. The Labute approximate surface area is 175 Å². The number of nitrogens with one attached hydrogen (secondary N) is 1. The fourth-order valence-corrected chi connectivity index (χ4v) is 4.59. The molecule has 0 saturated carbocycles. The molecule has 3 heterocycles. The summed E-state index contributed by atoms with van der Waals surface area (Å²) in [7, 11) is 0. The van der Waals surface area contributed by atoms with Gasteiger partial charge in [-0.05, 0) is 43.5 Å². The van der Waals surface area contributed by atoms with Crippen LogP contribution < -0.4 is 5.32 Å². The summed E-state index contributed by atoms with van der Waals surface area (Å²) in [6, 6.07) is 10.9. The summed E-state index contributed by atoms with van der Waals surface area (Å²) in [5, 5.41) is 14.0. The molecule has 0 aliphatic carbocycles. The molecule has 0 aliphatic rings. The van der Waals surface area contributed by atoms with Gasteiger partial charge >= 0.3 is 5.97 Å². The number of hydrogen-bond donors (Lipinski definition) is 1. The Morgan fingerprint density at radius 2 is 2.03 bits per heavy atom. The maximum absolute atomic E-state index is 12.5. The zero-order chi connectivity index (χ0) is 20.4. The molecule has 148 valence electrons. The number of rotatable bonds is 6. The second-order valence-electron chi connectivity index (χ2n) is 6.19. The van der Waals surface area contributed by atoms with Crippen molar-refractivity contribution < 1.29 is 14.3 Å². The van der Waals surface area contributed by atoms with E-state index >= 15 is 0 Å². The molecule has 4 aromatic rings. The van der Waals surface area contributed by atoms with Gasteiger partial charge in [0.2, 0.25) is 5.91 Å². The van der Waals surface area contributed by atoms with Gasteiger partial charge in [-0.1, -0.05) is 23.9 Å². The molecule has 0 bridgehead atoms. The summed E-state index contributed by atoms with van der Waals surface area (Å²) in [6.07, 6.45) is 0. The molecule has 1 amide bonds. The molecule has 4 rings (SSSR count). The first-order chi connectivity index (χ1) is 14.1. The molecule has 0 fully saturated rings. The first-order valence-corrected chi connectivity index (χ1v) is 10.9. The summed E-state index contributed by atoms with van der Waals surface area (Å²) >= 11 is 2.97. The minimum Gasteiger partial charge on any atom is -0.462 e. The Morgan fingerprint density at radius 3 is 2.86 bits per heavy atom. The van der Waals surface area contributed by atoms with Crippen LogP contribution >= 0.6 is 23.1 Å². The molecule has 3 aromatic heterocycles. The summed E-state index contributed by atoms with van der Waals surface area (Å²) in [5.41, 5.74) is 2.79. The van der Waals surface area contributed by atoms with E-state index in [1.54, 1.807) is 42.5 Å². The number of para-hydroxylation sites is 1. The van der Waals surface area contributed by atoms with Gasteiger partial charge in [-0.25, -0.2) is 4.79 Å². The van der Waals surface area contributed by atoms with Gasteiger partial charge in [-0.3, -0.25) is 9.20 Å². The van der Waals surface area contributed by atoms with E-state index in [0.29, 0.717) is 16.3 Å². The fourth-order valence-electron chi connectivity index (χ4n) is 3.05. The average Bonchev–Trinajstić information content (AvgIpc) is 3.30. The maximum atomic E-state index is 12.5. The smallest absolute Gasteiger partial charge is 0.340 e. The lowest BCUT2D eigenvalue weighted by atomic mass is 10.2. The molecule has 1 N–H and O–H groups in total. The Kier molecular flexibility index (Phi) is 5.50. The number of amides is 1. The number of benzene rings is 1. The van der Waals surface area contributed by atoms with Gasteiger partial charge in [0.05, 0.1) is 39.3 Å². The number of esters is 1. The molecule has 0 atom stereocenters. The molecule has 0 unspecified atom stereocenters. The van der Waals surface area contributed by atoms with Gasteiger partial charge in [0.15, 0.2) is 0 Å². The van der Waals surface area contributed by atoms with Gasteiger partial charge in [-0.15, -0.1) is 21.5 Å². The number of carbonyl (C=O) groups is 2. The lowest BCUT2D eigenvalue weighted by Crippen LogP contribution is -2.17. The van der Waals surface area contributed by atoms with Crippen molar-refractivity contribution in [2.24, 2.45) is 0 Å². The molecule has 0 radical (unpaired) electrons. The number of aromatic nitrogens is 3. The molecule has 29 heavy (non-hydrogen) atoms. The van der Waals surface area contributed by atoms with Gasteiger partial charge in [0, 0.05) is 0 Å². The minimum absolute atomic E-state index is 0.142. The van der Waals surface area contributed by atoms with Crippen LogP contribution in [0.3, 0.4) is 0 Å². The summed E-state index contributed by atoms with van der Waals surface area (Å²) in [5.74, 6) is 0.241. The van der Waals surface area contributed by atoms with E-state index in [-0.39, 0.29) is 18.3 Å². The van der Waals surface area contributed by atoms with Crippen molar-refractivity contribution in [1.82, 2.24) is 14.6 Å². The van der Waals surface area contributed by atoms with E-state index in [1.807, 2.05) is 12.3 Å². The number of hydrogen-bond acceptors (Lipinski definition) is 7. The normalized spacial score (nSPS) is 11.1. The van der Waals surface area contributed by atoms with Crippen LogP contribution in [0.25, 0.3) is 15.7 Å². The number of aryl methyl sites for hydroxylation is 1. The van der Waals surface area contributed by atoms with Gasteiger partial charge in [0.1, 0.15) is 10.9 Å². The van der Waals surface area contributed by atoms with Crippen LogP contribution in [-0.4, -0.2) is 38.8 Å². The molecule has 0 aliphatic heterocycles. The van der Waals surface area contributed by atoms with E-state index in [0.717, 1.165) is 21.6 Å². The molecule has 7 nitrogen and oxygen atoms in total. The zero-order valence-electron chi connectivity index (χ0n) is 15.8. The van der Waals surface area contributed by atoms with Crippen LogP contribution in [0.15, 0.2) is 46.8 Å². The Balaban J connectivity index is 1.51. The third-order valence-electron chi connectivity index (χ3n) is 4.29. The largest absolute Gasteiger partial charge is 0.462 e. The lowest BCUT2D eigenvalue weighted by molar-refractivity contribution is -0.113. The third-order valence-corrected chi connectivity index (χ3v) is 6.11. The van der Waals surface area contributed by atoms with Crippen molar-refractivity contribution in [2.45, 2.75) is 18.9 Å². The van der Waals surface area contributed by atoms with Crippen LogP contribution in [0.5, 0.6) is 0 Å². The number of thioether (sulfide) groups is 1. The Hall–Kier alpha value is -2.91. The van der Waals surface area contributed by atoms with Gasteiger partial charge in [-0.2, -0.15) is 0 Å². The van der Waals surface area contributed by atoms with Crippen molar-refractivity contribution in [3.63, 3.8) is 0 Å². The van der Waals surface area contributed by atoms with Crippen LogP contribution in [0, 0.1) is 6.92 Å². The highest BCUT2D eigenvalue weighted by Gasteiger charge is 2.16. The van der Waals surface area contributed by atoms with E-state index in [1.165, 1.54) is 11.8 Å². The number of nitrogens with zero attached hydrogens (tertiary/aromatic N) is 3.